The van der Waals surface area contributed by atoms with E-state index in [0.717, 1.165) is 17.8 Å². The van der Waals surface area contributed by atoms with E-state index in [1.54, 1.807) is 17.9 Å². The second-order valence-corrected chi connectivity index (χ2v) is 8.46. The van der Waals surface area contributed by atoms with Crippen LogP contribution in [0, 0.1) is 6.92 Å². The number of hydrogen-bond donors (Lipinski definition) is 1. The number of carbonyl (C=O) groups is 2. The largest absolute Gasteiger partial charge is 0.360 e. The summed E-state index contributed by atoms with van der Waals surface area (Å²) in [7, 11) is 0. The maximum Gasteiger partial charge on any atom is 0.275 e. The lowest BCUT2D eigenvalue weighted by atomic mass is 9.96. The SMILES string of the molecule is Cc1cc(NC(=O)C2CCCN2C(=O)c2nc(C(C)(C)C)n3ccccc23)no1. The number of imidazole rings is 1. The Morgan fingerprint density at radius 1 is 1.28 bits per heavy atom. The van der Waals surface area contributed by atoms with Crippen LogP contribution in [-0.4, -0.2) is 43.8 Å². The van der Waals surface area contributed by atoms with Gasteiger partial charge in [0.15, 0.2) is 11.5 Å². The number of hydrogen-bond acceptors (Lipinski definition) is 5. The van der Waals surface area contributed by atoms with Crippen LogP contribution in [-0.2, 0) is 10.2 Å². The van der Waals surface area contributed by atoms with Gasteiger partial charge in [-0.05, 0) is 31.9 Å². The molecule has 1 fully saturated rings. The molecular weight excluding hydrogens is 370 g/mol. The van der Waals surface area contributed by atoms with E-state index in [0.29, 0.717) is 30.2 Å². The highest BCUT2D eigenvalue weighted by atomic mass is 16.5. The molecule has 2 amide bonds. The van der Waals surface area contributed by atoms with E-state index in [9.17, 15) is 9.59 Å². The molecule has 29 heavy (non-hydrogen) atoms. The fourth-order valence-corrected chi connectivity index (χ4v) is 3.78. The maximum atomic E-state index is 13.4. The summed E-state index contributed by atoms with van der Waals surface area (Å²) >= 11 is 0. The van der Waals surface area contributed by atoms with Crippen LogP contribution in [0.4, 0.5) is 5.82 Å². The molecule has 1 aliphatic heterocycles. The number of amides is 2. The molecule has 3 aromatic rings. The molecule has 0 radical (unpaired) electrons. The van der Waals surface area contributed by atoms with Crippen LogP contribution in [0.3, 0.4) is 0 Å². The first kappa shape index (κ1) is 19.2. The first-order valence-electron chi connectivity index (χ1n) is 9.78. The predicted octanol–water partition coefficient (Wildman–Crippen LogP) is 3.17. The Kier molecular flexibility index (Phi) is 4.64. The van der Waals surface area contributed by atoms with Crippen molar-refractivity contribution in [1.82, 2.24) is 19.4 Å². The van der Waals surface area contributed by atoms with Gasteiger partial charge in [-0.15, -0.1) is 0 Å². The highest BCUT2D eigenvalue weighted by Gasteiger charge is 2.37. The zero-order valence-electron chi connectivity index (χ0n) is 17.1. The van der Waals surface area contributed by atoms with Gasteiger partial charge in [-0.25, -0.2) is 4.98 Å². The van der Waals surface area contributed by atoms with Crippen molar-refractivity contribution in [3.05, 3.63) is 47.7 Å². The predicted molar refractivity (Wildman–Crippen MR) is 108 cm³/mol. The lowest BCUT2D eigenvalue weighted by Crippen LogP contribution is -2.43. The molecule has 1 aliphatic rings. The third-order valence-corrected chi connectivity index (χ3v) is 5.12. The molecule has 1 unspecified atom stereocenters. The monoisotopic (exact) mass is 395 g/mol. The molecule has 152 valence electrons. The smallest absolute Gasteiger partial charge is 0.275 e. The summed E-state index contributed by atoms with van der Waals surface area (Å²) in [6, 6.07) is 6.79. The lowest BCUT2D eigenvalue weighted by molar-refractivity contribution is -0.119. The van der Waals surface area contributed by atoms with Crippen LogP contribution in [0.5, 0.6) is 0 Å². The number of likely N-dealkylation sites (tertiary alicyclic amines) is 1. The second kappa shape index (κ2) is 7.02. The van der Waals surface area contributed by atoms with Gasteiger partial charge >= 0.3 is 0 Å². The van der Waals surface area contributed by atoms with Crippen molar-refractivity contribution in [1.29, 1.82) is 0 Å². The van der Waals surface area contributed by atoms with Gasteiger partial charge in [0, 0.05) is 24.2 Å². The van der Waals surface area contributed by atoms with E-state index in [1.165, 1.54) is 0 Å². The summed E-state index contributed by atoms with van der Waals surface area (Å²) in [6.07, 6.45) is 3.28. The first-order valence-corrected chi connectivity index (χ1v) is 9.78. The van der Waals surface area contributed by atoms with Crippen LogP contribution in [0.1, 0.15) is 55.7 Å². The fraction of sp³-hybridized carbons (Fsp3) is 0.429. The van der Waals surface area contributed by atoms with Crippen LogP contribution in [0.25, 0.3) is 5.52 Å². The van der Waals surface area contributed by atoms with Crippen LogP contribution in [0.2, 0.25) is 0 Å². The summed E-state index contributed by atoms with van der Waals surface area (Å²) in [4.78, 5) is 32.5. The summed E-state index contributed by atoms with van der Waals surface area (Å²) in [5.41, 5.74) is 0.906. The Labute approximate surface area is 168 Å². The Balaban J connectivity index is 1.64. The highest BCUT2D eigenvalue weighted by Crippen LogP contribution is 2.28. The second-order valence-electron chi connectivity index (χ2n) is 8.46. The molecule has 4 rings (SSSR count). The Bertz CT molecular complexity index is 1080. The molecular formula is C21H25N5O3. The normalized spacial score (nSPS) is 17.1. The summed E-state index contributed by atoms with van der Waals surface area (Å²) < 4.78 is 6.95. The average Bonchev–Trinajstić information content (AvgIpc) is 3.38. The summed E-state index contributed by atoms with van der Waals surface area (Å²) in [5, 5.41) is 6.54. The van der Waals surface area contributed by atoms with Gasteiger partial charge < -0.3 is 19.1 Å². The van der Waals surface area contributed by atoms with Crippen molar-refractivity contribution in [2.24, 2.45) is 0 Å². The zero-order valence-corrected chi connectivity index (χ0v) is 17.1. The lowest BCUT2D eigenvalue weighted by Gasteiger charge is -2.22. The van der Waals surface area contributed by atoms with Crippen LogP contribution < -0.4 is 5.32 Å². The minimum Gasteiger partial charge on any atom is -0.360 e. The van der Waals surface area contributed by atoms with Gasteiger partial charge in [0.25, 0.3) is 5.91 Å². The number of nitrogens with zero attached hydrogens (tertiary/aromatic N) is 4. The van der Waals surface area contributed by atoms with Gasteiger partial charge in [-0.2, -0.15) is 0 Å². The van der Waals surface area contributed by atoms with Gasteiger partial charge in [0.1, 0.15) is 17.6 Å². The molecule has 0 aliphatic carbocycles. The standard InChI is InChI=1S/C21H25N5O3/c1-13-12-16(24-29-13)22-18(27)15-9-7-11-25(15)19(28)17-14-8-5-6-10-26(14)20(23-17)21(2,3)4/h5-6,8,10,12,15H,7,9,11H2,1-4H3,(H,22,24,27). The highest BCUT2D eigenvalue weighted by molar-refractivity contribution is 6.03. The number of aromatic nitrogens is 3. The van der Waals surface area contributed by atoms with Gasteiger partial charge in [-0.3, -0.25) is 9.59 Å². The third-order valence-electron chi connectivity index (χ3n) is 5.12. The molecule has 0 aromatic carbocycles. The zero-order chi connectivity index (χ0) is 20.8. The Morgan fingerprint density at radius 2 is 2.07 bits per heavy atom. The van der Waals surface area contributed by atoms with Gasteiger partial charge in [-0.1, -0.05) is 32.0 Å². The van der Waals surface area contributed by atoms with Crippen LogP contribution >= 0.6 is 0 Å². The van der Waals surface area contributed by atoms with Crippen molar-refractivity contribution in [2.75, 3.05) is 11.9 Å². The van der Waals surface area contributed by atoms with Crippen molar-refractivity contribution in [2.45, 2.75) is 52.0 Å². The number of carbonyl (C=O) groups excluding carboxylic acids is 2. The van der Waals surface area contributed by atoms with Gasteiger partial charge in [0.05, 0.1) is 5.52 Å². The number of rotatable bonds is 3. The minimum atomic E-state index is -0.557. The molecule has 0 spiro atoms. The minimum absolute atomic E-state index is 0.224. The average molecular weight is 395 g/mol. The van der Waals surface area contributed by atoms with E-state index in [-0.39, 0.29) is 17.2 Å². The van der Waals surface area contributed by atoms with E-state index in [4.69, 9.17) is 9.51 Å². The molecule has 8 nitrogen and oxygen atoms in total. The summed E-state index contributed by atoms with van der Waals surface area (Å²) in [6.45, 7) is 8.47. The number of fused-ring (bicyclic) bond motifs is 1. The van der Waals surface area contributed by atoms with Crippen molar-refractivity contribution < 1.29 is 14.1 Å². The molecule has 0 bridgehead atoms. The van der Waals surface area contributed by atoms with E-state index in [2.05, 4.69) is 31.2 Å². The molecule has 1 atom stereocenters. The van der Waals surface area contributed by atoms with E-state index < -0.39 is 6.04 Å². The molecule has 1 saturated heterocycles. The number of anilines is 1. The van der Waals surface area contributed by atoms with E-state index >= 15 is 0 Å². The number of aryl methyl sites for hydroxylation is 1. The molecule has 1 N–H and O–H groups in total. The third kappa shape index (κ3) is 3.50. The number of pyridine rings is 1. The molecule has 8 heteroatoms. The van der Waals surface area contributed by atoms with Crippen LogP contribution in [0.15, 0.2) is 35.0 Å². The molecule has 3 aromatic heterocycles. The number of nitrogens with one attached hydrogen (secondary N) is 1. The quantitative estimate of drug-likeness (QED) is 0.735. The van der Waals surface area contributed by atoms with Crippen molar-refractivity contribution >= 4 is 23.1 Å². The van der Waals surface area contributed by atoms with E-state index in [1.807, 2.05) is 28.8 Å². The first-order chi connectivity index (χ1) is 13.8. The molecule has 4 heterocycles. The maximum absolute atomic E-state index is 13.4. The van der Waals surface area contributed by atoms with Crippen molar-refractivity contribution in [3.63, 3.8) is 0 Å². The van der Waals surface area contributed by atoms with Gasteiger partial charge in [0.2, 0.25) is 5.91 Å². The Hall–Kier alpha value is -3.16. The summed E-state index contributed by atoms with van der Waals surface area (Å²) in [5.74, 6) is 1.30. The topological polar surface area (TPSA) is 92.7 Å². The fourth-order valence-electron chi connectivity index (χ4n) is 3.78. The van der Waals surface area contributed by atoms with Crippen molar-refractivity contribution in [3.8, 4) is 0 Å². The Morgan fingerprint density at radius 3 is 2.76 bits per heavy atom. The molecule has 0 saturated carbocycles.